The lowest BCUT2D eigenvalue weighted by atomic mass is 10.1. The third-order valence-corrected chi connectivity index (χ3v) is 4.89. The van der Waals surface area contributed by atoms with Gasteiger partial charge in [-0.25, -0.2) is 4.99 Å². The van der Waals surface area contributed by atoms with Crippen molar-refractivity contribution in [1.82, 2.24) is 5.32 Å². The zero-order valence-electron chi connectivity index (χ0n) is 12.8. The van der Waals surface area contributed by atoms with E-state index in [0.29, 0.717) is 15.1 Å². The van der Waals surface area contributed by atoms with E-state index in [4.69, 9.17) is 11.6 Å². The minimum Gasteiger partial charge on any atom is -0.300 e. The molecule has 23 heavy (non-hydrogen) atoms. The summed E-state index contributed by atoms with van der Waals surface area (Å²) in [5.74, 6) is -0.154. The number of hydrogen-bond acceptors (Lipinski definition) is 3. The second-order valence-corrected chi connectivity index (χ2v) is 6.66. The Morgan fingerprint density at radius 3 is 2.70 bits per heavy atom. The summed E-state index contributed by atoms with van der Waals surface area (Å²) in [6, 6.07) is 13.4. The fourth-order valence-corrected chi connectivity index (χ4v) is 3.20. The van der Waals surface area contributed by atoms with Crippen LogP contribution in [-0.4, -0.2) is 11.1 Å². The Morgan fingerprint density at radius 2 is 1.91 bits per heavy atom. The molecule has 1 N–H and O–H groups in total. The van der Waals surface area contributed by atoms with Gasteiger partial charge in [0.25, 0.3) is 5.91 Å². The molecule has 0 bridgehead atoms. The number of carbonyl (C=O) groups excluding carboxylic acids is 1. The maximum Gasteiger partial charge on any atom is 0.264 e. The molecule has 1 aliphatic rings. The van der Waals surface area contributed by atoms with Crippen molar-refractivity contribution < 1.29 is 4.79 Å². The van der Waals surface area contributed by atoms with Crippen LogP contribution >= 0.6 is 23.4 Å². The number of halogens is 1. The molecule has 1 heterocycles. The van der Waals surface area contributed by atoms with E-state index < -0.39 is 0 Å². The van der Waals surface area contributed by atoms with Gasteiger partial charge in [0.2, 0.25) is 0 Å². The summed E-state index contributed by atoms with van der Waals surface area (Å²) >= 11 is 7.46. The van der Waals surface area contributed by atoms with Crippen molar-refractivity contribution in [3.8, 4) is 0 Å². The van der Waals surface area contributed by atoms with Crippen molar-refractivity contribution in [1.29, 1.82) is 0 Å². The van der Waals surface area contributed by atoms with Gasteiger partial charge in [-0.05, 0) is 60.5 Å². The lowest BCUT2D eigenvalue weighted by Crippen LogP contribution is -2.19. The number of benzene rings is 2. The Balaban J connectivity index is 1.89. The van der Waals surface area contributed by atoms with Gasteiger partial charge in [-0.1, -0.05) is 41.9 Å². The average molecular weight is 343 g/mol. The van der Waals surface area contributed by atoms with Crippen LogP contribution in [0.15, 0.2) is 52.4 Å². The molecule has 3 rings (SSSR count). The summed E-state index contributed by atoms with van der Waals surface area (Å²) in [5, 5.41) is 4.01. The molecule has 0 atom stereocenters. The highest BCUT2D eigenvalue weighted by Gasteiger charge is 2.24. The Bertz CT molecular complexity index is 843. The fourth-order valence-electron chi connectivity index (χ4n) is 2.18. The molecular formula is C18H15ClN2OS. The molecule has 0 radical (unpaired) electrons. The molecule has 2 aromatic carbocycles. The topological polar surface area (TPSA) is 41.5 Å². The monoisotopic (exact) mass is 342 g/mol. The first kappa shape index (κ1) is 15.8. The van der Waals surface area contributed by atoms with Crippen LogP contribution in [0.5, 0.6) is 0 Å². The fraction of sp³-hybridized carbons (Fsp3) is 0.111. The molecule has 0 aromatic heterocycles. The van der Waals surface area contributed by atoms with Gasteiger partial charge in [-0.3, -0.25) is 4.79 Å². The van der Waals surface area contributed by atoms with Gasteiger partial charge in [-0.2, -0.15) is 0 Å². The van der Waals surface area contributed by atoms with Gasteiger partial charge in [-0.15, -0.1) is 0 Å². The largest absolute Gasteiger partial charge is 0.300 e. The van der Waals surface area contributed by atoms with Crippen molar-refractivity contribution in [3.63, 3.8) is 0 Å². The molecule has 2 aromatic rings. The van der Waals surface area contributed by atoms with E-state index in [-0.39, 0.29) is 5.91 Å². The number of nitrogens with one attached hydrogen (secondary N) is 1. The van der Waals surface area contributed by atoms with Crippen LogP contribution in [0, 0.1) is 13.8 Å². The third-order valence-electron chi connectivity index (χ3n) is 3.64. The highest BCUT2D eigenvalue weighted by atomic mass is 35.5. The van der Waals surface area contributed by atoms with E-state index in [0.717, 1.165) is 16.8 Å². The van der Waals surface area contributed by atoms with Gasteiger partial charge in [0, 0.05) is 5.02 Å². The van der Waals surface area contributed by atoms with E-state index in [9.17, 15) is 4.79 Å². The third kappa shape index (κ3) is 3.49. The summed E-state index contributed by atoms with van der Waals surface area (Å²) < 4.78 is 0. The summed E-state index contributed by atoms with van der Waals surface area (Å²) in [6.07, 6.45) is 1.79. The van der Waals surface area contributed by atoms with Gasteiger partial charge < -0.3 is 5.32 Å². The first-order chi connectivity index (χ1) is 11.0. The summed E-state index contributed by atoms with van der Waals surface area (Å²) in [7, 11) is 0. The second kappa shape index (κ2) is 6.60. The number of aliphatic imine (C=N–C) groups is 1. The highest BCUT2D eigenvalue weighted by molar-refractivity contribution is 8.18. The smallest absolute Gasteiger partial charge is 0.264 e. The summed E-state index contributed by atoms with van der Waals surface area (Å²) in [6.45, 7) is 4.07. The Hall–Kier alpha value is -2.04. The van der Waals surface area contributed by atoms with Crippen molar-refractivity contribution >= 4 is 46.2 Å². The quantitative estimate of drug-likeness (QED) is 0.793. The SMILES string of the molecule is Cc1cccc(N=C2NC(=O)/C(=C/c3ccccc3Cl)S2)c1C. The molecule has 1 fully saturated rings. The summed E-state index contributed by atoms with van der Waals surface area (Å²) in [4.78, 5) is 17.3. The van der Waals surface area contributed by atoms with Crippen molar-refractivity contribution in [3.05, 3.63) is 69.1 Å². The molecule has 1 amide bonds. The number of amides is 1. The molecule has 5 heteroatoms. The van der Waals surface area contributed by atoms with Crippen molar-refractivity contribution in [2.75, 3.05) is 0 Å². The lowest BCUT2D eigenvalue weighted by molar-refractivity contribution is -0.115. The Morgan fingerprint density at radius 1 is 1.13 bits per heavy atom. The predicted octanol–water partition coefficient (Wildman–Crippen LogP) is 4.85. The summed E-state index contributed by atoms with van der Waals surface area (Å²) in [5.41, 5.74) is 3.97. The first-order valence-corrected chi connectivity index (χ1v) is 8.34. The maximum atomic E-state index is 12.1. The number of hydrogen-bond donors (Lipinski definition) is 1. The highest BCUT2D eigenvalue weighted by Crippen LogP contribution is 2.31. The zero-order valence-corrected chi connectivity index (χ0v) is 14.3. The molecule has 1 saturated heterocycles. The van der Waals surface area contributed by atoms with E-state index in [1.54, 1.807) is 12.1 Å². The van der Waals surface area contributed by atoms with E-state index >= 15 is 0 Å². The molecule has 116 valence electrons. The van der Waals surface area contributed by atoms with Crippen LogP contribution < -0.4 is 5.32 Å². The lowest BCUT2D eigenvalue weighted by Gasteiger charge is -2.04. The number of nitrogens with zero attached hydrogens (tertiary/aromatic N) is 1. The molecular weight excluding hydrogens is 328 g/mol. The van der Waals surface area contributed by atoms with Gasteiger partial charge in [0.15, 0.2) is 5.17 Å². The van der Waals surface area contributed by atoms with Crippen LogP contribution in [0.3, 0.4) is 0 Å². The number of amidine groups is 1. The van der Waals surface area contributed by atoms with E-state index in [1.807, 2.05) is 50.2 Å². The van der Waals surface area contributed by atoms with Crippen LogP contribution in [0.4, 0.5) is 5.69 Å². The molecule has 0 saturated carbocycles. The maximum absolute atomic E-state index is 12.1. The normalized spacial score (nSPS) is 17.8. The van der Waals surface area contributed by atoms with Crippen LogP contribution in [0.2, 0.25) is 5.02 Å². The van der Waals surface area contributed by atoms with Gasteiger partial charge >= 0.3 is 0 Å². The molecule has 3 nitrogen and oxygen atoms in total. The molecule has 0 aliphatic carbocycles. The Labute approximate surface area is 144 Å². The van der Waals surface area contributed by atoms with Gasteiger partial charge in [0.1, 0.15) is 0 Å². The van der Waals surface area contributed by atoms with Crippen LogP contribution in [0.25, 0.3) is 6.08 Å². The van der Waals surface area contributed by atoms with Crippen molar-refractivity contribution in [2.24, 2.45) is 4.99 Å². The molecule has 0 unspecified atom stereocenters. The number of rotatable bonds is 2. The predicted molar refractivity (Wildman–Crippen MR) is 98.2 cm³/mol. The Kier molecular flexibility index (Phi) is 4.55. The first-order valence-electron chi connectivity index (χ1n) is 7.15. The van der Waals surface area contributed by atoms with Crippen LogP contribution in [-0.2, 0) is 4.79 Å². The average Bonchev–Trinajstić information content (AvgIpc) is 2.86. The number of aryl methyl sites for hydroxylation is 1. The zero-order chi connectivity index (χ0) is 16.4. The number of thioether (sulfide) groups is 1. The standard InChI is InChI=1S/C18H15ClN2OS/c1-11-6-5-9-15(12(11)2)20-18-21-17(22)16(23-18)10-13-7-3-4-8-14(13)19/h3-10H,1-2H3,(H,20,21,22)/b16-10-. The molecule has 1 aliphatic heterocycles. The second-order valence-electron chi connectivity index (χ2n) is 5.22. The van der Waals surface area contributed by atoms with Crippen molar-refractivity contribution in [2.45, 2.75) is 13.8 Å². The van der Waals surface area contributed by atoms with E-state index in [2.05, 4.69) is 10.3 Å². The molecule has 0 spiro atoms. The van der Waals surface area contributed by atoms with E-state index in [1.165, 1.54) is 17.3 Å². The minimum atomic E-state index is -0.154. The minimum absolute atomic E-state index is 0.154. The van der Waals surface area contributed by atoms with Gasteiger partial charge in [0.05, 0.1) is 10.6 Å². The number of carbonyl (C=O) groups is 1. The van der Waals surface area contributed by atoms with Crippen LogP contribution in [0.1, 0.15) is 16.7 Å².